The highest BCUT2D eigenvalue weighted by molar-refractivity contribution is 7.88. The van der Waals surface area contributed by atoms with Crippen LogP contribution in [0.5, 0.6) is 5.75 Å². The normalized spacial score (nSPS) is 13.3. The number of hydrogen-bond acceptors (Lipinski definition) is 7. The molecule has 0 heterocycles. The van der Waals surface area contributed by atoms with Crippen LogP contribution < -0.4 is 9.50 Å². The van der Waals surface area contributed by atoms with Crippen molar-refractivity contribution in [1.29, 1.82) is 0 Å². The van der Waals surface area contributed by atoms with Crippen LogP contribution in [-0.4, -0.2) is 61.7 Å². The third-order valence-corrected chi connectivity index (χ3v) is 4.40. The van der Waals surface area contributed by atoms with E-state index in [4.69, 9.17) is 9.84 Å². The minimum atomic E-state index is -5.85. The third-order valence-electron chi connectivity index (χ3n) is 3.42. The van der Waals surface area contributed by atoms with Crippen LogP contribution in [0.4, 0.5) is 18.0 Å². The highest BCUT2D eigenvalue weighted by atomic mass is 32.2. The number of likely N-dealkylation sites (N-methyl/N-ethyl adjacent to an activating group) is 1. The second-order valence-corrected chi connectivity index (χ2v) is 8.65. The summed E-state index contributed by atoms with van der Waals surface area (Å²) >= 11 is 0. The van der Waals surface area contributed by atoms with E-state index in [2.05, 4.69) is 9.50 Å². The third kappa shape index (κ3) is 7.37. The minimum absolute atomic E-state index is 0.0453. The Morgan fingerprint density at radius 3 is 2.13 bits per heavy atom. The van der Waals surface area contributed by atoms with Crippen molar-refractivity contribution >= 4 is 22.1 Å². The molecule has 0 bridgehead atoms. The van der Waals surface area contributed by atoms with Gasteiger partial charge < -0.3 is 24.2 Å². The van der Waals surface area contributed by atoms with Gasteiger partial charge in [-0.25, -0.2) is 4.79 Å². The van der Waals surface area contributed by atoms with Crippen LogP contribution in [0.15, 0.2) is 24.3 Å². The lowest BCUT2D eigenvalue weighted by molar-refractivity contribution is -0.132. The molecule has 9 nitrogen and oxygen atoms in total. The molecule has 2 N–H and O–H groups in total. The number of nitrogens with zero attached hydrogens (tertiary/aromatic N) is 1. The van der Waals surface area contributed by atoms with E-state index in [0.717, 1.165) is 29.2 Å². The Balaban J connectivity index is 3.15. The first-order valence-electron chi connectivity index (χ1n) is 8.53. The van der Waals surface area contributed by atoms with E-state index in [0.29, 0.717) is 0 Å². The van der Waals surface area contributed by atoms with Crippen LogP contribution in [0.3, 0.4) is 0 Å². The van der Waals surface area contributed by atoms with Crippen LogP contribution in [0, 0.1) is 0 Å². The molecule has 1 aromatic rings. The lowest BCUT2D eigenvalue weighted by Crippen LogP contribution is -2.43. The number of ether oxygens (including phenoxy) is 1. The Labute approximate surface area is 171 Å². The maximum Gasteiger partial charge on any atom is 0.534 e. The smallest absolute Gasteiger partial charge is 0.444 e. The highest BCUT2D eigenvalue weighted by Crippen LogP contribution is 2.28. The summed E-state index contributed by atoms with van der Waals surface area (Å²) in [5.41, 5.74) is -6.35. The van der Waals surface area contributed by atoms with E-state index in [-0.39, 0.29) is 18.7 Å². The molecule has 13 heteroatoms. The number of halogens is 3. The first-order chi connectivity index (χ1) is 13.6. The van der Waals surface area contributed by atoms with Crippen LogP contribution in [0.1, 0.15) is 32.4 Å². The standard InChI is InChI=1S/C17H23F3N2O7S/c1-16(2,3)28-15(25)21-13(14(24)22(4)9-10-23)11-5-7-12(8-6-11)29-30(26,27)17(18,19)20/h5-8,13,23H,9-10H2,1-4H3,(H,21,25). The van der Waals surface area contributed by atoms with Crippen LogP contribution in [0.25, 0.3) is 0 Å². The number of nitrogens with one attached hydrogen (secondary N) is 1. The number of carbonyl (C=O) groups is 2. The molecule has 1 rings (SSSR count). The molecule has 0 aliphatic carbocycles. The summed E-state index contributed by atoms with van der Waals surface area (Å²) in [6.45, 7) is 4.43. The zero-order valence-electron chi connectivity index (χ0n) is 16.7. The monoisotopic (exact) mass is 456 g/mol. The Morgan fingerprint density at radius 2 is 1.70 bits per heavy atom. The van der Waals surface area contributed by atoms with Crippen molar-refractivity contribution in [2.75, 3.05) is 20.2 Å². The predicted molar refractivity (Wildman–Crippen MR) is 98.9 cm³/mol. The molecular weight excluding hydrogens is 433 g/mol. The van der Waals surface area contributed by atoms with Gasteiger partial charge in [-0.05, 0) is 38.5 Å². The van der Waals surface area contributed by atoms with Crippen molar-refractivity contribution in [3.63, 3.8) is 0 Å². The number of benzene rings is 1. The van der Waals surface area contributed by atoms with Gasteiger partial charge in [0.05, 0.1) is 6.61 Å². The Hall–Kier alpha value is -2.54. The fourth-order valence-electron chi connectivity index (χ4n) is 2.08. The van der Waals surface area contributed by atoms with E-state index in [9.17, 15) is 31.2 Å². The summed E-state index contributed by atoms with van der Waals surface area (Å²) in [5.74, 6) is -1.28. The van der Waals surface area contributed by atoms with Crippen molar-refractivity contribution in [2.45, 2.75) is 37.9 Å². The van der Waals surface area contributed by atoms with Crippen molar-refractivity contribution in [1.82, 2.24) is 10.2 Å². The molecular formula is C17H23F3N2O7S. The molecule has 0 aliphatic rings. The van der Waals surface area contributed by atoms with E-state index in [1.165, 1.54) is 7.05 Å². The molecule has 2 amide bonds. The molecule has 0 spiro atoms. The topological polar surface area (TPSA) is 122 Å². The maximum atomic E-state index is 12.6. The number of alkyl halides is 3. The van der Waals surface area contributed by atoms with E-state index in [1.54, 1.807) is 20.8 Å². The maximum absolute atomic E-state index is 12.6. The molecule has 170 valence electrons. The lowest BCUT2D eigenvalue weighted by atomic mass is 10.1. The fourth-order valence-corrected chi connectivity index (χ4v) is 2.54. The molecule has 0 aliphatic heterocycles. The number of rotatable bonds is 7. The number of amides is 2. The molecule has 0 fully saturated rings. The summed E-state index contributed by atoms with van der Waals surface area (Å²) in [4.78, 5) is 25.9. The Kier molecular flexibility index (Phi) is 8.09. The molecule has 0 aromatic heterocycles. The Morgan fingerprint density at radius 1 is 1.17 bits per heavy atom. The molecule has 1 atom stereocenters. The summed E-state index contributed by atoms with van der Waals surface area (Å²) in [6, 6.07) is 2.73. The lowest BCUT2D eigenvalue weighted by Gasteiger charge is -2.26. The second-order valence-electron chi connectivity index (χ2n) is 7.11. The first-order valence-corrected chi connectivity index (χ1v) is 9.94. The molecule has 30 heavy (non-hydrogen) atoms. The van der Waals surface area contributed by atoms with Crippen molar-refractivity contribution in [3.05, 3.63) is 29.8 Å². The first kappa shape index (κ1) is 25.5. The molecule has 0 saturated carbocycles. The van der Waals surface area contributed by atoms with Crippen molar-refractivity contribution in [3.8, 4) is 5.75 Å². The van der Waals surface area contributed by atoms with E-state index in [1.807, 2.05) is 0 Å². The van der Waals surface area contributed by atoms with Gasteiger partial charge in [0.15, 0.2) is 0 Å². The summed E-state index contributed by atoms with van der Waals surface area (Å²) in [6.07, 6.45) is -0.932. The Bertz CT molecular complexity index is 850. The second kappa shape index (κ2) is 9.51. The highest BCUT2D eigenvalue weighted by Gasteiger charge is 2.48. The average molecular weight is 456 g/mol. The number of alkyl carbamates (subject to hydrolysis) is 1. The number of hydrogen-bond donors (Lipinski definition) is 2. The van der Waals surface area contributed by atoms with Gasteiger partial charge in [-0.15, -0.1) is 0 Å². The van der Waals surface area contributed by atoms with Gasteiger partial charge in [-0.1, -0.05) is 12.1 Å². The summed E-state index contributed by atoms with van der Waals surface area (Å²) < 4.78 is 68.6. The van der Waals surface area contributed by atoms with Crippen LogP contribution >= 0.6 is 0 Å². The van der Waals surface area contributed by atoms with Gasteiger partial charge in [0, 0.05) is 13.6 Å². The van der Waals surface area contributed by atoms with Gasteiger partial charge in [0.25, 0.3) is 0 Å². The molecule has 1 aromatic carbocycles. The van der Waals surface area contributed by atoms with Crippen LogP contribution in [0.2, 0.25) is 0 Å². The van der Waals surface area contributed by atoms with Crippen LogP contribution in [-0.2, 0) is 19.6 Å². The average Bonchev–Trinajstić information content (AvgIpc) is 2.57. The number of carbonyl (C=O) groups excluding carboxylic acids is 2. The largest absolute Gasteiger partial charge is 0.534 e. The predicted octanol–water partition coefficient (Wildman–Crippen LogP) is 1.93. The zero-order chi connectivity index (χ0) is 23.3. The van der Waals surface area contributed by atoms with Gasteiger partial charge >= 0.3 is 21.7 Å². The van der Waals surface area contributed by atoms with Gasteiger partial charge in [-0.3, -0.25) is 4.79 Å². The summed E-state index contributed by atoms with van der Waals surface area (Å²) in [5, 5.41) is 11.4. The molecule has 0 radical (unpaired) electrons. The number of aliphatic hydroxyl groups is 1. The van der Waals surface area contributed by atoms with E-state index < -0.39 is 45.0 Å². The van der Waals surface area contributed by atoms with Crippen molar-refractivity contribution < 1.29 is 45.2 Å². The van der Waals surface area contributed by atoms with Gasteiger partial charge in [-0.2, -0.15) is 21.6 Å². The SMILES string of the molecule is CN(CCO)C(=O)C(NC(=O)OC(C)(C)C)c1ccc(OS(=O)(=O)C(F)(F)F)cc1. The quantitative estimate of drug-likeness (QED) is 0.475. The zero-order valence-corrected chi connectivity index (χ0v) is 17.5. The van der Waals surface area contributed by atoms with E-state index >= 15 is 0 Å². The molecule has 1 unspecified atom stereocenters. The van der Waals surface area contributed by atoms with Crippen molar-refractivity contribution in [2.24, 2.45) is 0 Å². The van der Waals surface area contributed by atoms with Gasteiger partial charge in [0.1, 0.15) is 17.4 Å². The fraction of sp³-hybridized carbons (Fsp3) is 0.529. The summed E-state index contributed by atoms with van der Waals surface area (Å²) in [7, 11) is -4.48. The number of aliphatic hydroxyl groups excluding tert-OH is 1. The minimum Gasteiger partial charge on any atom is -0.444 e. The van der Waals surface area contributed by atoms with Gasteiger partial charge in [0.2, 0.25) is 5.91 Å². The molecule has 0 saturated heterocycles.